The lowest BCUT2D eigenvalue weighted by atomic mass is 9.93. The summed E-state index contributed by atoms with van der Waals surface area (Å²) in [4.78, 5) is 11.8. The summed E-state index contributed by atoms with van der Waals surface area (Å²) >= 11 is 0. The summed E-state index contributed by atoms with van der Waals surface area (Å²) in [5.74, 6) is 2.57. The van der Waals surface area contributed by atoms with E-state index in [0.29, 0.717) is 11.8 Å². The first-order valence-corrected chi connectivity index (χ1v) is 9.90. The molecule has 1 heterocycles. The predicted octanol–water partition coefficient (Wildman–Crippen LogP) is 6.54. The van der Waals surface area contributed by atoms with Crippen molar-refractivity contribution in [3.8, 4) is 0 Å². The largest absolute Gasteiger partial charge is 0.314 e. The first kappa shape index (κ1) is 19.8. The fraction of sp³-hybridized carbons (Fsp3) is 0.280. The molecular weight excluding hydrogens is 342 g/mol. The van der Waals surface area contributed by atoms with Gasteiger partial charge in [-0.15, -0.1) is 0 Å². The molecule has 0 saturated heterocycles. The summed E-state index contributed by atoms with van der Waals surface area (Å²) in [5, 5.41) is 0. The van der Waals surface area contributed by atoms with E-state index >= 15 is 0 Å². The van der Waals surface area contributed by atoms with Crippen LogP contribution in [0.25, 0.3) is 0 Å². The van der Waals surface area contributed by atoms with E-state index in [-0.39, 0.29) is 0 Å². The van der Waals surface area contributed by atoms with E-state index in [4.69, 9.17) is 4.99 Å². The van der Waals surface area contributed by atoms with Crippen LogP contribution in [0, 0.1) is 0 Å². The number of amidine groups is 1. The minimum absolute atomic E-state index is 0.398. The summed E-state index contributed by atoms with van der Waals surface area (Å²) in [7, 11) is 2.03. The average molecular weight is 372 g/mol. The summed E-state index contributed by atoms with van der Waals surface area (Å²) in [6.45, 7) is 8.90. The van der Waals surface area contributed by atoms with Crippen LogP contribution in [-0.4, -0.2) is 17.9 Å². The van der Waals surface area contributed by atoms with E-state index in [1.165, 1.54) is 11.1 Å². The Kier molecular flexibility index (Phi) is 6.25. The van der Waals surface area contributed by atoms with Crippen molar-refractivity contribution >= 4 is 17.3 Å². The van der Waals surface area contributed by atoms with Gasteiger partial charge in [-0.2, -0.15) is 0 Å². The first-order valence-electron chi connectivity index (χ1n) is 9.90. The molecular formula is C25H29N3. The van der Waals surface area contributed by atoms with E-state index < -0.39 is 0 Å². The van der Waals surface area contributed by atoms with Crippen molar-refractivity contribution in [1.82, 2.24) is 4.98 Å². The van der Waals surface area contributed by atoms with Crippen LogP contribution >= 0.6 is 0 Å². The zero-order valence-corrected chi connectivity index (χ0v) is 17.4. The Hall–Kier alpha value is -2.94. The third-order valence-corrected chi connectivity index (χ3v) is 4.90. The molecule has 0 saturated carbocycles. The van der Waals surface area contributed by atoms with Crippen LogP contribution in [0.2, 0.25) is 0 Å². The molecule has 0 aliphatic heterocycles. The van der Waals surface area contributed by atoms with E-state index in [9.17, 15) is 0 Å². The maximum absolute atomic E-state index is 5.25. The molecule has 0 atom stereocenters. The molecule has 0 N–H and O–H groups in total. The SMILES string of the molecule is CC(C)c1cccc(C(C)C)c1N=C(c1ccccc1)N(C)c1ccccn1. The van der Waals surface area contributed by atoms with Crippen molar-refractivity contribution in [2.24, 2.45) is 4.99 Å². The zero-order valence-electron chi connectivity index (χ0n) is 17.4. The molecule has 0 bridgehead atoms. The Bertz CT molecular complexity index is 902. The number of para-hydroxylation sites is 1. The highest BCUT2D eigenvalue weighted by Gasteiger charge is 2.18. The summed E-state index contributed by atoms with van der Waals surface area (Å²) < 4.78 is 0. The second-order valence-corrected chi connectivity index (χ2v) is 7.64. The van der Waals surface area contributed by atoms with Gasteiger partial charge in [0, 0.05) is 18.8 Å². The number of anilines is 1. The molecule has 3 aromatic rings. The van der Waals surface area contributed by atoms with Crippen LogP contribution in [0.1, 0.15) is 56.2 Å². The van der Waals surface area contributed by atoms with Gasteiger partial charge in [0.1, 0.15) is 11.7 Å². The quantitative estimate of drug-likeness (QED) is 0.376. The molecule has 28 heavy (non-hydrogen) atoms. The molecule has 3 rings (SSSR count). The topological polar surface area (TPSA) is 28.5 Å². The van der Waals surface area contributed by atoms with E-state index in [1.54, 1.807) is 0 Å². The van der Waals surface area contributed by atoms with E-state index in [2.05, 4.69) is 80.0 Å². The highest BCUT2D eigenvalue weighted by Crippen LogP contribution is 2.35. The molecule has 0 spiro atoms. The lowest BCUT2D eigenvalue weighted by molar-refractivity contribution is 0.834. The first-order chi connectivity index (χ1) is 13.5. The molecule has 3 heteroatoms. The monoisotopic (exact) mass is 371 g/mol. The zero-order chi connectivity index (χ0) is 20.1. The van der Waals surface area contributed by atoms with Crippen LogP contribution in [0.4, 0.5) is 11.5 Å². The van der Waals surface area contributed by atoms with Gasteiger partial charge in [-0.1, -0.05) is 82.3 Å². The average Bonchev–Trinajstić information content (AvgIpc) is 2.72. The van der Waals surface area contributed by atoms with Crippen molar-refractivity contribution in [2.75, 3.05) is 11.9 Å². The maximum atomic E-state index is 5.25. The Morgan fingerprint density at radius 1 is 0.786 bits per heavy atom. The number of hydrogen-bond acceptors (Lipinski definition) is 2. The van der Waals surface area contributed by atoms with Crippen molar-refractivity contribution < 1.29 is 0 Å². The van der Waals surface area contributed by atoms with Crippen LogP contribution in [0.15, 0.2) is 77.9 Å². The van der Waals surface area contributed by atoms with Gasteiger partial charge in [0.05, 0.1) is 5.69 Å². The Morgan fingerprint density at radius 2 is 1.39 bits per heavy atom. The number of aromatic nitrogens is 1. The summed E-state index contributed by atoms with van der Waals surface area (Å²) in [6, 6.07) is 22.8. The fourth-order valence-corrected chi connectivity index (χ4v) is 3.33. The molecule has 3 nitrogen and oxygen atoms in total. The molecule has 0 unspecified atom stereocenters. The van der Waals surface area contributed by atoms with Crippen molar-refractivity contribution in [3.63, 3.8) is 0 Å². The second kappa shape index (κ2) is 8.83. The Morgan fingerprint density at radius 3 is 1.93 bits per heavy atom. The van der Waals surface area contributed by atoms with E-state index in [0.717, 1.165) is 22.9 Å². The molecule has 0 radical (unpaired) electrons. The van der Waals surface area contributed by atoms with Gasteiger partial charge in [-0.05, 0) is 35.1 Å². The fourth-order valence-electron chi connectivity index (χ4n) is 3.33. The number of aliphatic imine (C=N–C) groups is 1. The van der Waals surface area contributed by atoms with Crippen molar-refractivity contribution in [3.05, 3.63) is 89.6 Å². The molecule has 0 fully saturated rings. The predicted molar refractivity (Wildman–Crippen MR) is 120 cm³/mol. The highest BCUT2D eigenvalue weighted by molar-refractivity contribution is 6.10. The maximum Gasteiger partial charge on any atom is 0.141 e. The molecule has 0 aliphatic rings. The normalized spacial score (nSPS) is 11.9. The van der Waals surface area contributed by atoms with Crippen LogP contribution in [0.5, 0.6) is 0 Å². The van der Waals surface area contributed by atoms with Crippen LogP contribution < -0.4 is 4.90 Å². The van der Waals surface area contributed by atoms with E-state index in [1.807, 2.05) is 37.5 Å². The summed E-state index contributed by atoms with van der Waals surface area (Å²) in [6.07, 6.45) is 1.82. The smallest absolute Gasteiger partial charge is 0.141 e. The van der Waals surface area contributed by atoms with Gasteiger partial charge in [-0.3, -0.25) is 0 Å². The van der Waals surface area contributed by atoms with Crippen LogP contribution in [-0.2, 0) is 0 Å². The van der Waals surface area contributed by atoms with Gasteiger partial charge < -0.3 is 4.90 Å². The lowest BCUT2D eigenvalue weighted by Crippen LogP contribution is -2.28. The van der Waals surface area contributed by atoms with Crippen LogP contribution in [0.3, 0.4) is 0 Å². The molecule has 2 aromatic carbocycles. The Labute approximate surface area is 168 Å². The molecule has 144 valence electrons. The third-order valence-electron chi connectivity index (χ3n) is 4.90. The third kappa shape index (κ3) is 4.30. The number of hydrogen-bond donors (Lipinski definition) is 0. The lowest BCUT2D eigenvalue weighted by Gasteiger charge is -2.23. The van der Waals surface area contributed by atoms with Crippen molar-refractivity contribution in [2.45, 2.75) is 39.5 Å². The molecule has 1 aromatic heterocycles. The van der Waals surface area contributed by atoms with Gasteiger partial charge in [0.25, 0.3) is 0 Å². The second-order valence-electron chi connectivity index (χ2n) is 7.64. The summed E-state index contributed by atoms with van der Waals surface area (Å²) in [5.41, 5.74) is 4.70. The standard InChI is InChI=1S/C25H29N3/c1-18(2)21-14-11-15-22(19(3)4)24(21)27-25(20-12-7-6-8-13-20)28(5)23-16-9-10-17-26-23/h6-19H,1-5H3. The number of rotatable bonds is 5. The molecule has 0 amide bonds. The minimum Gasteiger partial charge on any atom is -0.314 e. The number of nitrogens with zero attached hydrogens (tertiary/aromatic N) is 3. The van der Waals surface area contributed by atoms with Gasteiger partial charge in [-0.25, -0.2) is 9.98 Å². The Balaban J connectivity index is 2.23. The molecule has 0 aliphatic carbocycles. The van der Waals surface area contributed by atoms with Crippen molar-refractivity contribution in [1.29, 1.82) is 0 Å². The van der Waals surface area contributed by atoms with Gasteiger partial charge in [0.2, 0.25) is 0 Å². The highest BCUT2D eigenvalue weighted by atomic mass is 15.2. The van der Waals surface area contributed by atoms with Gasteiger partial charge >= 0.3 is 0 Å². The van der Waals surface area contributed by atoms with Gasteiger partial charge in [0.15, 0.2) is 0 Å². The minimum atomic E-state index is 0.398. The number of benzene rings is 2. The number of pyridine rings is 1.